The first-order chi connectivity index (χ1) is 6.82. The summed E-state index contributed by atoms with van der Waals surface area (Å²) >= 11 is 0. The molecule has 0 aromatic carbocycles. The molecule has 3 atom stereocenters. The molecule has 0 amide bonds. The molecular weight excluding hydrogens is 174 g/mol. The van der Waals surface area contributed by atoms with E-state index in [4.69, 9.17) is 0 Å². The van der Waals surface area contributed by atoms with E-state index in [2.05, 4.69) is 6.92 Å². The minimum absolute atomic E-state index is 0.421. The van der Waals surface area contributed by atoms with E-state index in [1.54, 1.807) is 0 Å². The van der Waals surface area contributed by atoms with Crippen LogP contribution in [0.25, 0.3) is 0 Å². The Morgan fingerprint density at radius 3 is 2.64 bits per heavy atom. The van der Waals surface area contributed by atoms with E-state index in [1.165, 1.54) is 56.2 Å². The van der Waals surface area contributed by atoms with Crippen molar-refractivity contribution in [3.05, 3.63) is 0 Å². The topological polar surface area (TPSA) is 20.2 Å². The molecule has 2 heteroatoms. The highest BCUT2D eigenvalue weighted by atomic mass is 16.3. The van der Waals surface area contributed by atoms with Crippen molar-refractivity contribution in [3.63, 3.8) is 0 Å². The van der Waals surface area contributed by atoms with Gasteiger partial charge in [0, 0.05) is 12.3 Å². The summed E-state index contributed by atoms with van der Waals surface area (Å²) < 4.78 is 1.32. The van der Waals surface area contributed by atoms with Crippen molar-refractivity contribution >= 4 is 0 Å². The van der Waals surface area contributed by atoms with Crippen molar-refractivity contribution in [1.82, 2.24) is 0 Å². The largest absolute Gasteiger partial charge is 0.396 e. The van der Waals surface area contributed by atoms with Crippen LogP contribution in [0, 0.1) is 5.92 Å². The van der Waals surface area contributed by atoms with E-state index >= 15 is 0 Å². The lowest BCUT2D eigenvalue weighted by molar-refractivity contribution is -0.963. The van der Waals surface area contributed by atoms with Crippen molar-refractivity contribution in [2.45, 2.75) is 45.1 Å². The van der Waals surface area contributed by atoms with E-state index < -0.39 is 0 Å². The van der Waals surface area contributed by atoms with Crippen LogP contribution in [0.1, 0.15) is 39.0 Å². The third kappa shape index (κ3) is 1.59. The Hall–Kier alpha value is -0.0800. The van der Waals surface area contributed by atoms with Gasteiger partial charge in [0.15, 0.2) is 0 Å². The molecule has 2 aliphatic heterocycles. The minimum Gasteiger partial charge on any atom is -0.396 e. The second-order valence-electron chi connectivity index (χ2n) is 5.13. The van der Waals surface area contributed by atoms with E-state index in [9.17, 15) is 5.11 Å². The number of rotatable bonds is 2. The van der Waals surface area contributed by atoms with Crippen LogP contribution in [0.5, 0.6) is 0 Å². The van der Waals surface area contributed by atoms with Gasteiger partial charge in [-0.1, -0.05) is 0 Å². The van der Waals surface area contributed by atoms with Gasteiger partial charge in [-0.2, -0.15) is 0 Å². The Labute approximate surface area is 87.5 Å². The molecule has 2 fully saturated rings. The molecule has 2 heterocycles. The second-order valence-corrected chi connectivity index (χ2v) is 5.13. The van der Waals surface area contributed by atoms with Crippen LogP contribution in [0.15, 0.2) is 0 Å². The van der Waals surface area contributed by atoms with Gasteiger partial charge in [0.25, 0.3) is 0 Å². The number of quaternary nitrogens is 1. The maximum Gasteiger partial charge on any atom is 0.0941 e. The molecule has 3 unspecified atom stereocenters. The first kappa shape index (κ1) is 10.4. The highest BCUT2D eigenvalue weighted by molar-refractivity contribution is 4.78. The lowest BCUT2D eigenvalue weighted by Crippen LogP contribution is -2.63. The van der Waals surface area contributed by atoms with Gasteiger partial charge in [-0.05, 0) is 32.6 Å². The molecule has 0 aromatic rings. The summed E-state index contributed by atoms with van der Waals surface area (Å²) in [6.45, 7) is 6.78. The molecule has 2 nitrogen and oxygen atoms in total. The Morgan fingerprint density at radius 2 is 1.93 bits per heavy atom. The number of aliphatic hydroxyl groups excluding tert-OH is 1. The molecule has 1 N–H and O–H groups in total. The molecule has 82 valence electrons. The quantitative estimate of drug-likeness (QED) is 0.671. The number of aliphatic hydroxyl groups is 1. The van der Waals surface area contributed by atoms with Crippen molar-refractivity contribution in [2.24, 2.45) is 5.92 Å². The van der Waals surface area contributed by atoms with Crippen molar-refractivity contribution in [3.8, 4) is 0 Å². The number of fused-ring (bicyclic) bond motifs is 1. The van der Waals surface area contributed by atoms with Gasteiger partial charge in [-0.15, -0.1) is 0 Å². The number of hydrogen-bond acceptors (Lipinski definition) is 1. The van der Waals surface area contributed by atoms with E-state index in [0.717, 1.165) is 6.04 Å². The summed E-state index contributed by atoms with van der Waals surface area (Å²) in [5.41, 5.74) is 0. The Morgan fingerprint density at radius 1 is 1.14 bits per heavy atom. The fourth-order valence-electron chi connectivity index (χ4n) is 3.80. The zero-order valence-corrected chi connectivity index (χ0v) is 9.41. The smallest absolute Gasteiger partial charge is 0.0941 e. The third-order valence-corrected chi connectivity index (χ3v) is 4.64. The average molecular weight is 198 g/mol. The van der Waals surface area contributed by atoms with Crippen molar-refractivity contribution < 1.29 is 9.59 Å². The van der Waals surface area contributed by atoms with Gasteiger partial charge in [0.1, 0.15) is 0 Å². The van der Waals surface area contributed by atoms with Crippen LogP contribution in [-0.4, -0.2) is 41.9 Å². The van der Waals surface area contributed by atoms with Crippen LogP contribution in [0.2, 0.25) is 0 Å². The maximum absolute atomic E-state index is 9.43. The molecule has 14 heavy (non-hydrogen) atoms. The second kappa shape index (κ2) is 4.19. The van der Waals surface area contributed by atoms with E-state index in [-0.39, 0.29) is 0 Å². The number of piperidine rings is 2. The molecule has 2 rings (SSSR count). The van der Waals surface area contributed by atoms with Gasteiger partial charge >= 0.3 is 0 Å². The molecule has 0 spiro atoms. The van der Waals surface area contributed by atoms with Crippen LogP contribution in [-0.2, 0) is 0 Å². The van der Waals surface area contributed by atoms with Crippen LogP contribution in [0.4, 0.5) is 0 Å². The molecular formula is C12H24NO+. The molecule has 0 aromatic heterocycles. The Bertz CT molecular complexity index is 191. The zero-order valence-electron chi connectivity index (χ0n) is 9.41. The summed E-state index contributed by atoms with van der Waals surface area (Å²) in [5.74, 6) is 0.601. The molecule has 0 aliphatic carbocycles. The zero-order chi connectivity index (χ0) is 10.0. The van der Waals surface area contributed by atoms with E-state index in [0.29, 0.717) is 12.5 Å². The SMILES string of the molecule is CC[N+]12CCCCC1C(CO)CCC2. The highest BCUT2D eigenvalue weighted by Crippen LogP contribution is 2.36. The van der Waals surface area contributed by atoms with Gasteiger partial charge in [0.2, 0.25) is 0 Å². The van der Waals surface area contributed by atoms with Gasteiger partial charge in [0.05, 0.1) is 32.3 Å². The predicted octanol–water partition coefficient (Wildman–Crippen LogP) is 1.78. The number of nitrogens with zero attached hydrogens (tertiary/aromatic N) is 1. The predicted molar refractivity (Wildman–Crippen MR) is 58.0 cm³/mol. The summed E-state index contributed by atoms with van der Waals surface area (Å²) in [4.78, 5) is 0. The lowest BCUT2D eigenvalue weighted by atomic mass is 9.81. The molecule has 0 saturated carbocycles. The summed E-state index contributed by atoms with van der Waals surface area (Å²) in [6, 6.07) is 0.785. The van der Waals surface area contributed by atoms with Crippen molar-refractivity contribution in [1.29, 1.82) is 0 Å². The summed E-state index contributed by atoms with van der Waals surface area (Å²) in [6.07, 6.45) is 6.75. The van der Waals surface area contributed by atoms with E-state index in [1.807, 2.05) is 0 Å². The Kier molecular flexibility index (Phi) is 3.13. The van der Waals surface area contributed by atoms with Gasteiger partial charge < -0.3 is 9.59 Å². The molecule has 2 aliphatic rings. The maximum atomic E-state index is 9.43. The summed E-state index contributed by atoms with van der Waals surface area (Å²) in [5, 5.41) is 9.43. The normalized spacial score (nSPS) is 43.3. The molecule has 0 radical (unpaired) electrons. The molecule has 2 saturated heterocycles. The Balaban J connectivity index is 2.15. The number of hydrogen-bond donors (Lipinski definition) is 1. The first-order valence-corrected chi connectivity index (χ1v) is 6.29. The van der Waals surface area contributed by atoms with Crippen LogP contribution in [0.3, 0.4) is 0 Å². The lowest BCUT2D eigenvalue weighted by Gasteiger charge is -2.53. The average Bonchev–Trinajstić information content (AvgIpc) is 2.28. The summed E-state index contributed by atoms with van der Waals surface area (Å²) in [7, 11) is 0. The third-order valence-electron chi connectivity index (χ3n) is 4.64. The van der Waals surface area contributed by atoms with Gasteiger partial charge in [-0.3, -0.25) is 0 Å². The van der Waals surface area contributed by atoms with Crippen LogP contribution >= 0.6 is 0 Å². The van der Waals surface area contributed by atoms with Crippen molar-refractivity contribution in [2.75, 3.05) is 26.2 Å². The minimum atomic E-state index is 0.421. The monoisotopic (exact) mass is 198 g/mol. The fourth-order valence-corrected chi connectivity index (χ4v) is 3.80. The molecule has 0 bridgehead atoms. The first-order valence-electron chi connectivity index (χ1n) is 6.29. The fraction of sp³-hybridized carbons (Fsp3) is 1.00. The van der Waals surface area contributed by atoms with Gasteiger partial charge in [-0.25, -0.2) is 0 Å². The highest BCUT2D eigenvalue weighted by Gasteiger charge is 2.44. The standard InChI is InChI=1S/C12H24NO/c1-2-13-8-4-3-7-12(13)11(10-14)6-5-9-13/h11-12,14H,2-10H2,1H3/q+1. The van der Waals surface area contributed by atoms with Crippen LogP contribution < -0.4 is 0 Å².